The highest BCUT2D eigenvalue weighted by atomic mass is 127. The van der Waals surface area contributed by atoms with E-state index < -0.39 is 4.92 Å². The maximum absolute atomic E-state index is 10.8. The third kappa shape index (κ3) is 4.63. The Balaban J connectivity index is 1.98. The van der Waals surface area contributed by atoms with Crippen LogP contribution in [-0.2, 0) is 6.42 Å². The van der Waals surface area contributed by atoms with Crippen LogP contribution in [0.1, 0.15) is 12.0 Å². The van der Waals surface area contributed by atoms with Crippen molar-refractivity contribution in [1.82, 2.24) is 0 Å². The van der Waals surface area contributed by atoms with E-state index >= 15 is 0 Å². The van der Waals surface area contributed by atoms with Crippen molar-refractivity contribution in [3.63, 3.8) is 0 Å². The largest absolute Gasteiger partial charge is 0.397 e. The lowest BCUT2D eigenvalue weighted by atomic mass is 10.1. The molecule has 5 nitrogen and oxygen atoms in total. The van der Waals surface area contributed by atoms with E-state index in [1.807, 2.05) is 12.1 Å². The fourth-order valence-corrected chi connectivity index (χ4v) is 2.46. The molecule has 22 heavy (non-hydrogen) atoms. The van der Waals surface area contributed by atoms with Gasteiger partial charge in [0.05, 0.1) is 21.3 Å². The minimum Gasteiger partial charge on any atom is -0.397 e. The monoisotopic (exact) mass is 427 g/mol. The lowest BCUT2D eigenvalue weighted by Crippen LogP contribution is -2.11. The average molecular weight is 427 g/mol. The standard InChI is InChI=1S/C15H14IN3O2S/c16-11-4-1-10(2-5-11)3-8-15(22)18-14-9-12(19(20)21)6-7-13(14)17/h1-2,4-7,9H,3,8,17H2,(H,18,22). The summed E-state index contributed by atoms with van der Waals surface area (Å²) in [6.07, 6.45) is 1.45. The summed E-state index contributed by atoms with van der Waals surface area (Å²) in [5.41, 5.74) is 7.90. The number of hydrogen-bond donors (Lipinski definition) is 2. The third-order valence-corrected chi connectivity index (χ3v) is 4.10. The van der Waals surface area contributed by atoms with E-state index in [1.165, 1.54) is 27.3 Å². The number of nitrogen functional groups attached to an aromatic ring is 1. The summed E-state index contributed by atoms with van der Waals surface area (Å²) in [7, 11) is 0. The van der Waals surface area contributed by atoms with Gasteiger partial charge in [0.25, 0.3) is 5.69 Å². The molecule has 0 aliphatic carbocycles. The smallest absolute Gasteiger partial charge is 0.271 e. The highest BCUT2D eigenvalue weighted by Gasteiger charge is 2.10. The zero-order valence-corrected chi connectivity index (χ0v) is 14.6. The molecule has 0 spiro atoms. The van der Waals surface area contributed by atoms with Crippen LogP contribution in [0.3, 0.4) is 0 Å². The van der Waals surface area contributed by atoms with Gasteiger partial charge in [-0.1, -0.05) is 24.4 Å². The Morgan fingerprint density at radius 2 is 1.95 bits per heavy atom. The van der Waals surface area contributed by atoms with E-state index in [4.69, 9.17) is 18.0 Å². The van der Waals surface area contributed by atoms with E-state index in [-0.39, 0.29) is 5.69 Å². The van der Waals surface area contributed by atoms with Crippen LogP contribution in [-0.4, -0.2) is 9.91 Å². The number of rotatable bonds is 5. The number of nitro benzene ring substituents is 1. The van der Waals surface area contributed by atoms with Gasteiger partial charge >= 0.3 is 0 Å². The van der Waals surface area contributed by atoms with Crippen molar-refractivity contribution in [3.8, 4) is 0 Å². The zero-order valence-electron chi connectivity index (χ0n) is 11.6. The first-order valence-electron chi connectivity index (χ1n) is 6.54. The molecule has 0 fully saturated rings. The van der Waals surface area contributed by atoms with E-state index in [0.29, 0.717) is 22.8 Å². The quantitative estimate of drug-likeness (QED) is 0.246. The number of nitrogens with one attached hydrogen (secondary N) is 1. The number of hydrogen-bond acceptors (Lipinski definition) is 4. The summed E-state index contributed by atoms with van der Waals surface area (Å²) in [5.74, 6) is 0. The second-order valence-corrected chi connectivity index (χ2v) is 6.44. The molecule has 0 atom stereocenters. The van der Waals surface area contributed by atoms with Crippen molar-refractivity contribution in [2.75, 3.05) is 11.1 Å². The maximum Gasteiger partial charge on any atom is 0.271 e. The molecular formula is C15H14IN3O2S. The lowest BCUT2D eigenvalue weighted by molar-refractivity contribution is -0.384. The molecule has 0 bridgehead atoms. The SMILES string of the molecule is Nc1ccc([N+](=O)[O-])cc1NC(=S)CCc1ccc(I)cc1. The topological polar surface area (TPSA) is 81.2 Å². The number of benzene rings is 2. The predicted molar refractivity (Wildman–Crippen MR) is 101 cm³/mol. The molecule has 2 aromatic rings. The van der Waals surface area contributed by atoms with Gasteiger partial charge in [-0.15, -0.1) is 0 Å². The molecular weight excluding hydrogens is 413 g/mol. The van der Waals surface area contributed by atoms with Gasteiger partial charge in [0.2, 0.25) is 0 Å². The number of aryl methyl sites for hydroxylation is 1. The van der Waals surface area contributed by atoms with Crippen molar-refractivity contribution in [1.29, 1.82) is 0 Å². The molecule has 0 amide bonds. The minimum absolute atomic E-state index is 0.0165. The van der Waals surface area contributed by atoms with Gasteiger partial charge in [-0.3, -0.25) is 10.1 Å². The molecule has 0 heterocycles. The summed E-state index contributed by atoms with van der Waals surface area (Å²) in [6.45, 7) is 0. The molecule has 0 saturated heterocycles. The molecule has 0 saturated carbocycles. The van der Waals surface area contributed by atoms with Gasteiger partial charge in [-0.25, -0.2) is 0 Å². The summed E-state index contributed by atoms with van der Waals surface area (Å²) >= 11 is 7.55. The van der Waals surface area contributed by atoms with Gasteiger partial charge < -0.3 is 11.1 Å². The van der Waals surface area contributed by atoms with Crippen LogP contribution < -0.4 is 11.1 Å². The number of halogens is 1. The van der Waals surface area contributed by atoms with E-state index in [9.17, 15) is 10.1 Å². The second kappa shape index (κ2) is 7.50. The van der Waals surface area contributed by atoms with Crippen molar-refractivity contribution >= 4 is 56.9 Å². The van der Waals surface area contributed by atoms with Crippen LogP contribution in [0.5, 0.6) is 0 Å². The number of nitrogens with zero attached hydrogens (tertiary/aromatic N) is 1. The maximum atomic E-state index is 10.8. The summed E-state index contributed by atoms with van der Waals surface area (Å²) < 4.78 is 1.19. The fraction of sp³-hybridized carbons (Fsp3) is 0.133. The van der Waals surface area contributed by atoms with Gasteiger partial charge in [-0.05, 0) is 52.8 Å². The van der Waals surface area contributed by atoms with Crippen LogP contribution in [0, 0.1) is 13.7 Å². The van der Waals surface area contributed by atoms with Crippen molar-refractivity contribution in [2.45, 2.75) is 12.8 Å². The number of anilines is 2. The Hall–Kier alpha value is -1.74. The highest BCUT2D eigenvalue weighted by Crippen LogP contribution is 2.24. The second-order valence-electron chi connectivity index (χ2n) is 4.70. The predicted octanol–water partition coefficient (Wildman–Crippen LogP) is 4.15. The van der Waals surface area contributed by atoms with Gasteiger partial charge in [-0.2, -0.15) is 0 Å². The van der Waals surface area contributed by atoms with E-state index in [0.717, 1.165) is 6.42 Å². The van der Waals surface area contributed by atoms with Crippen molar-refractivity contribution in [3.05, 3.63) is 61.7 Å². The molecule has 0 aromatic heterocycles. The molecule has 3 N–H and O–H groups in total. The van der Waals surface area contributed by atoms with E-state index in [1.54, 1.807) is 0 Å². The number of non-ortho nitro benzene ring substituents is 1. The van der Waals surface area contributed by atoms with Gasteiger partial charge in [0, 0.05) is 22.1 Å². The van der Waals surface area contributed by atoms with Crippen LogP contribution >= 0.6 is 34.8 Å². The van der Waals surface area contributed by atoms with E-state index in [2.05, 4.69) is 40.0 Å². The Kier molecular flexibility index (Phi) is 5.67. The Morgan fingerprint density at radius 3 is 2.59 bits per heavy atom. The minimum atomic E-state index is -0.459. The van der Waals surface area contributed by atoms with Crippen LogP contribution in [0.4, 0.5) is 17.1 Å². The third-order valence-electron chi connectivity index (χ3n) is 3.08. The molecule has 2 rings (SSSR count). The molecule has 114 valence electrons. The van der Waals surface area contributed by atoms with Crippen molar-refractivity contribution in [2.24, 2.45) is 0 Å². The van der Waals surface area contributed by atoms with Crippen LogP contribution in [0.15, 0.2) is 42.5 Å². The first-order chi connectivity index (χ1) is 10.5. The van der Waals surface area contributed by atoms with Gasteiger partial charge in [0.1, 0.15) is 0 Å². The van der Waals surface area contributed by atoms with Gasteiger partial charge in [0.15, 0.2) is 0 Å². The Labute approximate surface area is 147 Å². The first-order valence-corrected chi connectivity index (χ1v) is 8.02. The molecule has 7 heteroatoms. The van der Waals surface area contributed by atoms with Crippen molar-refractivity contribution < 1.29 is 4.92 Å². The molecule has 2 aromatic carbocycles. The summed E-state index contributed by atoms with van der Waals surface area (Å²) in [4.78, 5) is 10.9. The highest BCUT2D eigenvalue weighted by molar-refractivity contribution is 14.1. The average Bonchev–Trinajstić information content (AvgIpc) is 2.48. The zero-order chi connectivity index (χ0) is 16.1. The number of nitro groups is 1. The lowest BCUT2D eigenvalue weighted by Gasteiger charge is -2.10. The Morgan fingerprint density at radius 1 is 1.27 bits per heavy atom. The summed E-state index contributed by atoms with van der Waals surface area (Å²) in [5, 5.41) is 13.8. The fourth-order valence-electron chi connectivity index (χ4n) is 1.89. The number of thiocarbonyl (C=S) groups is 1. The van der Waals surface area contributed by atoms with Crippen LogP contribution in [0.25, 0.3) is 0 Å². The molecule has 0 aliphatic heterocycles. The van der Waals surface area contributed by atoms with Crippen LogP contribution in [0.2, 0.25) is 0 Å². The Bertz CT molecular complexity index is 704. The number of nitrogens with two attached hydrogens (primary N) is 1. The molecule has 0 radical (unpaired) electrons. The first kappa shape index (κ1) is 16.6. The molecule has 0 unspecified atom stereocenters. The molecule has 0 aliphatic rings. The normalized spacial score (nSPS) is 10.2. The summed E-state index contributed by atoms with van der Waals surface area (Å²) in [6, 6.07) is 12.5.